The topological polar surface area (TPSA) is 17.1 Å². The van der Waals surface area contributed by atoms with E-state index in [-0.39, 0.29) is 17.8 Å². The van der Waals surface area contributed by atoms with Crippen molar-refractivity contribution in [2.45, 2.75) is 6.42 Å². The molecule has 0 aliphatic rings. The number of halogens is 2. The molecule has 0 atom stereocenters. The molecule has 1 nitrogen and oxygen atoms in total. The van der Waals surface area contributed by atoms with Crippen molar-refractivity contribution >= 4 is 21.7 Å². The number of hydrogen-bond acceptors (Lipinski definition) is 1. The predicted octanol–water partition coefficient (Wildman–Crippen LogP) is 4.01. The van der Waals surface area contributed by atoms with E-state index in [1.807, 2.05) is 30.3 Å². The second-order valence-electron chi connectivity index (χ2n) is 3.69. The van der Waals surface area contributed by atoms with Gasteiger partial charge < -0.3 is 0 Å². The summed E-state index contributed by atoms with van der Waals surface area (Å²) in [5, 5.41) is 0. The van der Waals surface area contributed by atoms with E-state index in [2.05, 4.69) is 15.9 Å². The van der Waals surface area contributed by atoms with Crippen LogP contribution < -0.4 is 0 Å². The Bertz CT molecular complexity index is 537. The minimum absolute atomic E-state index is 0.128. The first-order valence-corrected chi connectivity index (χ1v) is 5.99. The van der Waals surface area contributed by atoms with Gasteiger partial charge in [-0.1, -0.05) is 36.4 Å². The van der Waals surface area contributed by atoms with Crippen LogP contribution in [0.2, 0.25) is 0 Å². The molecule has 0 aromatic heterocycles. The molecule has 0 aliphatic carbocycles. The molecule has 0 heterocycles. The Morgan fingerprint density at radius 2 is 1.76 bits per heavy atom. The van der Waals surface area contributed by atoms with Gasteiger partial charge in [-0.05, 0) is 33.6 Å². The average molecular weight is 293 g/mol. The minimum atomic E-state index is -0.492. The molecule has 0 saturated carbocycles. The molecule has 2 aromatic rings. The van der Waals surface area contributed by atoms with Gasteiger partial charge in [-0.2, -0.15) is 0 Å². The van der Waals surface area contributed by atoms with Gasteiger partial charge in [0, 0.05) is 6.42 Å². The lowest BCUT2D eigenvalue weighted by Crippen LogP contribution is -2.06. The highest BCUT2D eigenvalue weighted by molar-refractivity contribution is 9.10. The highest BCUT2D eigenvalue weighted by Crippen LogP contribution is 2.20. The molecule has 2 aromatic carbocycles. The standard InChI is InChI=1S/C14H10BrFO/c15-12-8-4-7-11(14(12)16)13(17)9-10-5-2-1-3-6-10/h1-8H,9H2. The average Bonchev–Trinajstić information content (AvgIpc) is 2.34. The first-order valence-electron chi connectivity index (χ1n) is 5.19. The van der Waals surface area contributed by atoms with Gasteiger partial charge in [-0.25, -0.2) is 4.39 Å². The molecular formula is C14H10BrFO. The molecular weight excluding hydrogens is 283 g/mol. The lowest BCUT2D eigenvalue weighted by Gasteiger charge is -2.04. The lowest BCUT2D eigenvalue weighted by molar-refractivity contribution is 0.0989. The van der Waals surface area contributed by atoms with Crippen molar-refractivity contribution < 1.29 is 9.18 Å². The van der Waals surface area contributed by atoms with Gasteiger partial charge in [-0.3, -0.25) is 4.79 Å². The van der Waals surface area contributed by atoms with Gasteiger partial charge in [0.1, 0.15) is 5.82 Å². The second kappa shape index (κ2) is 5.23. The molecule has 0 saturated heterocycles. The molecule has 0 fully saturated rings. The quantitative estimate of drug-likeness (QED) is 0.781. The van der Waals surface area contributed by atoms with Crippen molar-refractivity contribution in [1.82, 2.24) is 0 Å². The van der Waals surface area contributed by atoms with Crippen LogP contribution in [-0.2, 0) is 6.42 Å². The fraction of sp³-hybridized carbons (Fsp3) is 0.0714. The summed E-state index contributed by atoms with van der Waals surface area (Å²) in [5.74, 6) is -0.705. The summed E-state index contributed by atoms with van der Waals surface area (Å²) < 4.78 is 14.0. The Kier molecular flexibility index (Phi) is 3.69. The van der Waals surface area contributed by atoms with Crippen molar-refractivity contribution in [3.8, 4) is 0 Å². The summed E-state index contributed by atoms with van der Waals surface area (Å²) >= 11 is 3.07. The summed E-state index contributed by atoms with van der Waals surface area (Å²) in [5.41, 5.74) is 1.01. The molecule has 0 N–H and O–H groups in total. The van der Waals surface area contributed by atoms with Crippen molar-refractivity contribution in [3.05, 3.63) is 69.9 Å². The summed E-state index contributed by atoms with van der Waals surface area (Å²) in [7, 11) is 0. The maximum Gasteiger partial charge on any atom is 0.170 e. The predicted molar refractivity (Wildman–Crippen MR) is 68.6 cm³/mol. The lowest BCUT2D eigenvalue weighted by atomic mass is 10.0. The van der Waals surface area contributed by atoms with Crippen molar-refractivity contribution in [2.75, 3.05) is 0 Å². The van der Waals surface area contributed by atoms with E-state index in [4.69, 9.17) is 0 Å². The van der Waals surface area contributed by atoms with Crippen LogP contribution >= 0.6 is 15.9 Å². The molecule has 0 amide bonds. The van der Waals surface area contributed by atoms with Crippen LogP contribution in [0.3, 0.4) is 0 Å². The van der Waals surface area contributed by atoms with E-state index >= 15 is 0 Å². The van der Waals surface area contributed by atoms with E-state index in [0.717, 1.165) is 5.56 Å². The number of rotatable bonds is 3. The highest BCUT2D eigenvalue weighted by Gasteiger charge is 2.13. The molecule has 0 spiro atoms. The third kappa shape index (κ3) is 2.80. The van der Waals surface area contributed by atoms with Crippen LogP contribution in [0.5, 0.6) is 0 Å². The fourth-order valence-corrected chi connectivity index (χ4v) is 1.96. The molecule has 2 rings (SSSR count). The van der Waals surface area contributed by atoms with Crippen LogP contribution in [0.25, 0.3) is 0 Å². The normalized spacial score (nSPS) is 10.2. The first kappa shape index (κ1) is 12.0. The van der Waals surface area contributed by atoms with Gasteiger partial charge in [0.2, 0.25) is 0 Å². The van der Waals surface area contributed by atoms with Crippen LogP contribution in [0.1, 0.15) is 15.9 Å². The number of carbonyl (C=O) groups is 1. The Hall–Kier alpha value is -1.48. The zero-order valence-corrected chi connectivity index (χ0v) is 10.6. The molecule has 0 unspecified atom stereocenters. The second-order valence-corrected chi connectivity index (χ2v) is 4.54. The number of benzene rings is 2. The van der Waals surface area contributed by atoms with E-state index in [1.54, 1.807) is 12.1 Å². The molecule has 17 heavy (non-hydrogen) atoms. The van der Waals surface area contributed by atoms with Gasteiger partial charge in [0.15, 0.2) is 5.78 Å². The van der Waals surface area contributed by atoms with E-state index in [0.29, 0.717) is 4.47 Å². The third-order valence-corrected chi connectivity index (χ3v) is 3.07. The monoisotopic (exact) mass is 292 g/mol. The molecule has 0 bridgehead atoms. The maximum atomic E-state index is 13.7. The van der Waals surface area contributed by atoms with Gasteiger partial charge >= 0.3 is 0 Å². The van der Waals surface area contributed by atoms with Crippen molar-refractivity contribution in [2.24, 2.45) is 0 Å². The van der Waals surface area contributed by atoms with E-state index in [9.17, 15) is 9.18 Å². The van der Waals surface area contributed by atoms with Gasteiger partial charge in [0.05, 0.1) is 10.0 Å². The summed E-state index contributed by atoms with van der Waals surface area (Å²) in [6.07, 6.45) is 0.216. The SMILES string of the molecule is O=C(Cc1ccccc1)c1cccc(Br)c1F. The molecule has 0 aliphatic heterocycles. The zero-order chi connectivity index (χ0) is 12.3. The Morgan fingerprint density at radius 1 is 1.06 bits per heavy atom. The van der Waals surface area contributed by atoms with Crippen LogP contribution in [0.15, 0.2) is 53.0 Å². The van der Waals surface area contributed by atoms with Crippen molar-refractivity contribution in [1.29, 1.82) is 0 Å². The Balaban J connectivity index is 2.24. The van der Waals surface area contributed by atoms with Crippen molar-refractivity contribution in [3.63, 3.8) is 0 Å². The number of Topliss-reactive ketones (excluding diaryl/α,β-unsaturated/α-hetero) is 1. The maximum absolute atomic E-state index is 13.7. The summed E-state index contributed by atoms with van der Waals surface area (Å²) in [6, 6.07) is 14.1. The highest BCUT2D eigenvalue weighted by atomic mass is 79.9. The van der Waals surface area contributed by atoms with Crippen LogP contribution in [0.4, 0.5) is 4.39 Å². The minimum Gasteiger partial charge on any atom is -0.294 e. The first-order chi connectivity index (χ1) is 8.18. The zero-order valence-electron chi connectivity index (χ0n) is 8.99. The van der Waals surface area contributed by atoms with Gasteiger partial charge in [0.25, 0.3) is 0 Å². The van der Waals surface area contributed by atoms with Crippen LogP contribution in [0, 0.1) is 5.82 Å². The Labute approximate surface area is 107 Å². The molecule has 0 radical (unpaired) electrons. The van der Waals surface area contributed by atoms with E-state index in [1.165, 1.54) is 6.07 Å². The molecule has 3 heteroatoms. The van der Waals surface area contributed by atoms with E-state index < -0.39 is 5.82 Å². The Morgan fingerprint density at radius 3 is 2.47 bits per heavy atom. The number of hydrogen-bond donors (Lipinski definition) is 0. The number of carbonyl (C=O) groups excluding carboxylic acids is 1. The number of ketones is 1. The summed E-state index contributed by atoms with van der Waals surface area (Å²) in [6.45, 7) is 0. The largest absolute Gasteiger partial charge is 0.294 e. The smallest absolute Gasteiger partial charge is 0.170 e. The van der Waals surface area contributed by atoms with Crippen LogP contribution in [-0.4, -0.2) is 5.78 Å². The third-order valence-electron chi connectivity index (χ3n) is 2.46. The molecule has 86 valence electrons. The van der Waals surface area contributed by atoms with Gasteiger partial charge in [-0.15, -0.1) is 0 Å². The fourth-order valence-electron chi connectivity index (χ4n) is 1.60. The summed E-state index contributed by atoms with van der Waals surface area (Å²) in [4.78, 5) is 11.9.